The van der Waals surface area contributed by atoms with E-state index in [1.54, 1.807) is 54.6 Å². The van der Waals surface area contributed by atoms with E-state index in [1.807, 2.05) is 20.8 Å². The van der Waals surface area contributed by atoms with E-state index in [-0.39, 0.29) is 71.1 Å². The van der Waals surface area contributed by atoms with Gasteiger partial charge in [-0.2, -0.15) is 25.3 Å². The molecule has 3 heterocycles. The molecule has 60 heavy (non-hydrogen) atoms. The molecule has 3 aliphatic rings. The van der Waals surface area contributed by atoms with Crippen LogP contribution in [0.4, 0.5) is 0 Å². The van der Waals surface area contributed by atoms with E-state index in [2.05, 4.69) is 19.7 Å². The Morgan fingerprint density at radius 1 is 0.433 bits per heavy atom. The molecule has 6 rings (SSSR count). The quantitative estimate of drug-likeness (QED) is 0.146. The molecule has 0 radical (unpaired) electrons. The molecule has 3 aromatic rings. The Balaban J connectivity index is 0.000000198. The second-order valence-electron chi connectivity index (χ2n) is 13.8. The first-order chi connectivity index (χ1) is 28.5. The van der Waals surface area contributed by atoms with Crippen molar-refractivity contribution < 1.29 is 66.2 Å². The van der Waals surface area contributed by atoms with Crippen LogP contribution in [0.5, 0.6) is 0 Å². The molecule has 330 valence electrons. The van der Waals surface area contributed by atoms with Gasteiger partial charge in [0.15, 0.2) is 0 Å². The Bertz CT molecular complexity index is 1870. The molecule has 15 nitrogen and oxygen atoms in total. The molecule has 0 aliphatic carbocycles. The Labute approximate surface area is 354 Å². The highest BCUT2D eigenvalue weighted by Crippen LogP contribution is 2.19. The summed E-state index contributed by atoms with van der Waals surface area (Å²) in [4.78, 5) is 0.427. The highest BCUT2D eigenvalue weighted by atomic mass is 32.2. The van der Waals surface area contributed by atoms with Crippen molar-refractivity contribution in [2.24, 2.45) is 0 Å². The zero-order chi connectivity index (χ0) is 43.8. The van der Waals surface area contributed by atoms with Gasteiger partial charge in [0.05, 0.1) is 92.5 Å². The van der Waals surface area contributed by atoms with Crippen molar-refractivity contribution >= 4 is 30.4 Å². The van der Waals surface area contributed by atoms with Crippen LogP contribution < -0.4 is 0 Å². The van der Waals surface area contributed by atoms with Gasteiger partial charge in [0.1, 0.15) is 18.3 Å². The zero-order valence-corrected chi connectivity index (χ0v) is 36.4. The highest BCUT2D eigenvalue weighted by molar-refractivity contribution is 7.87. The monoisotopic (exact) mass is 894 g/mol. The summed E-state index contributed by atoms with van der Waals surface area (Å²) < 4.78 is 119. The van der Waals surface area contributed by atoms with E-state index >= 15 is 0 Å². The summed E-state index contributed by atoms with van der Waals surface area (Å²) in [6.07, 6.45) is 3.39. The lowest BCUT2D eigenvalue weighted by atomic mass is 10.2. The Kier molecular flexibility index (Phi) is 19.2. The number of hydrogen-bond acceptors (Lipinski definition) is 15. The maximum atomic E-state index is 12.0. The maximum absolute atomic E-state index is 12.0. The van der Waals surface area contributed by atoms with Gasteiger partial charge in [-0.15, -0.1) is 19.7 Å². The number of aryl methyl sites for hydroxylation is 3. The fraction of sp³-hybridized carbons (Fsp3) is 0.429. The first-order valence-electron chi connectivity index (χ1n) is 19.0. The Morgan fingerprint density at radius 3 is 0.850 bits per heavy atom. The zero-order valence-electron chi connectivity index (χ0n) is 34.0. The molecule has 3 fully saturated rings. The fourth-order valence-electron chi connectivity index (χ4n) is 5.19. The summed E-state index contributed by atoms with van der Waals surface area (Å²) in [5, 5.41) is 0. The van der Waals surface area contributed by atoms with Crippen LogP contribution >= 0.6 is 0 Å². The number of rotatable bonds is 15. The summed E-state index contributed by atoms with van der Waals surface area (Å²) in [5.74, 6) is 0. The average Bonchev–Trinajstić information content (AvgIpc) is 3.26. The van der Waals surface area contributed by atoms with E-state index in [1.165, 1.54) is 36.4 Å². The standard InChI is InChI=1S/3C14H18O5S/c3*1-3-12-8-18-13(9-17-12)10-19-20(15,16)14-6-4-11(2)5-7-14/h3*3-7,12-13H,1,8-10H2,2H3/t3*12-,13-/m100/s1. The molecule has 3 aromatic carbocycles. The predicted octanol–water partition coefficient (Wildman–Crippen LogP) is 5.01. The molecule has 6 atom stereocenters. The molecule has 0 unspecified atom stereocenters. The van der Waals surface area contributed by atoms with Crippen LogP contribution in [0.3, 0.4) is 0 Å². The van der Waals surface area contributed by atoms with Gasteiger partial charge >= 0.3 is 0 Å². The summed E-state index contributed by atoms with van der Waals surface area (Å²) in [6.45, 7) is 18.3. The normalized spacial score (nSPS) is 23.4. The van der Waals surface area contributed by atoms with Crippen LogP contribution in [-0.2, 0) is 71.3 Å². The molecule has 0 aromatic heterocycles. The average molecular weight is 895 g/mol. The highest BCUT2D eigenvalue weighted by Gasteiger charge is 2.26. The SMILES string of the molecule is C=C[C@@H]1CO[C@@H](COS(=O)(=O)c2ccc(C)cc2)CO1.C=C[C@H]1CO[C@H](COS(=O)(=O)c2ccc(C)cc2)CO1.C=C[C@H]1CO[C@H](COS(=O)(=O)c2ccc(C)cc2)CO1. The van der Waals surface area contributed by atoms with Crippen molar-refractivity contribution in [2.75, 3.05) is 59.5 Å². The van der Waals surface area contributed by atoms with Crippen LogP contribution in [0.25, 0.3) is 0 Å². The predicted molar refractivity (Wildman–Crippen MR) is 222 cm³/mol. The minimum absolute atomic E-state index is 0.0555. The lowest BCUT2D eigenvalue weighted by molar-refractivity contribution is -0.126. The number of hydrogen-bond donors (Lipinski definition) is 0. The van der Waals surface area contributed by atoms with Gasteiger partial charge in [0.2, 0.25) is 0 Å². The smallest absolute Gasteiger partial charge is 0.297 e. The van der Waals surface area contributed by atoms with Gasteiger partial charge in [-0.1, -0.05) is 71.3 Å². The van der Waals surface area contributed by atoms with Gasteiger partial charge in [-0.25, -0.2) is 0 Å². The first-order valence-corrected chi connectivity index (χ1v) is 23.2. The van der Waals surface area contributed by atoms with Crippen LogP contribution in [0.15, 0.2) is 125 Å². The van der Waals surface area contributed by atoms with Crippen LogP contribution in [0.2, 0.25) is 0 Å². The largest absolute Gasteiger partial charge is 0.370 e. The Hall–Kier alpha value is -3.63. The minimum atomic E-state index is -3.75. The van der Waals surface area contributed by atoms with E-state index in [0.29, 0.717) is 39.6 Å². The summed E-state index contributed by atoms with van der Waals surface area (Å²) >= 11 is 0. The lowest BCUT2D eigenvalue weighted by Crippen LogP contribution is -2.37. The molecule has 0 spiro atoms. The van der Waals surface area contributed by atoms with E-state index in [9.17, 15) is 25.3 Å². The van der Waals surface area contributed by atoms with Crippen LogP contribution in [0.1, 0.15) is 16.7 Å². The van der Waals surface area contributed by atoms with Crippen LogP contribution in [0, 0.1) is 20.8 Å². The molecule has 0 bridgehead atoms. The lowest BCUT2D eigenvalue weighted by Gasteiger charge is -2.27. The summed E-state index contributed by atoms with van der Waals surface area (Å²) in [6, 6.07) is 19.5. The summed E-state index contributed by atoms with van der Waals surface area (Å²) in [7, 11) is -11.3. The van der Waals surface area contributed by atoms with Gasteiger partial charge < -0.3 is 28.4 Å². The van der Waals surface area contributed by atoms with Crippen molar-refractivity contribution in [3.63, 3.8) is 0 Å². The van der Waals surface area contributed by atoms with Crippen LogP contribution in [-0.4, -0.2) is 121 Å². The van der Waals surface area contributed by atoms with E-state index in [4.69, 9.17) is 41.0 Å². The third-order valence-electron chi connectivity index (χ3n) is 8.92. The second kappa shape index (κ2) is 23.5. The van der Waals surface area contributed by atoms with Gasteiger partial charge in [0, 0.05) is 0 Å². The van der Waals surface area contributed by atoms with E-state index in [0.717, 1.165) is 16.7 Å². The first kappa shape index (κ1) is 49.0. The molecular weight excluding hydrogens is 841 g/mol. The molecule has 0 N–H and O–H groups in total. The van der Waals surface area contributed by atoms with Gasteiger partial charge in [0.25, 0.3) is 30.4 Å². The van der Waals surface area contributed by atoms with Crippen molar-refractivity contribution in [3.8, 4) is 0 Å². The Morgan fingerprint density at radius 2 is 0.667 bits per heavy atom. The molecule has 3 saturated heterocycles. The molecule has 18 heteroatoms. The maximum Gasteiger partial charge on any atom is 0.297 e. The number of ether oxygens (including phenoxy) is 6. The third-order valence-corrected chi connectivity index (χ3v) is 12.8. The van der Waals surface area contributed by atoms with Crippen molar-refractivity contribution in [1.29, 1.82) is 0 Å². The molecule has 3 aliphatic heterocycles. The van der Waals surface area contributed by atoms with Gasteiger partial charge in [-0.3, -0.25) is 12.5 Å². The summed E-state index contributed by atoms with van der Waals surface area (Å²) in [5.41, 5.74) is 2.97. The minimum Gasteiger partial charge on any atom is -0.370 e. The van der Waals surface area contributed by atoms with Crippen molar-refractivity contribution in [1.82, 2.24) is 0 Å². The van der Waals surface area contributed by atoms with Crippen molar-refractivity contribution in [2.45, 2.75) is 72.1 Å². The second-order valence-corrected chi connectivity index (χ2v) is 18.7. The van der Waals surface area contributed by atoms with E-state index < -0.39 is 30.4 Å². The molecule has 0 saturated carbocycles. The number of benzene rings is 3. The topological polar surface area (TPSA) is 185 Å². The van der Waals surface area contributed by atoms with Gasteiger partial charge in [-0.05, 0) is 57.2 Å². The molecular formula is C42H54O15S3. The third kappa shape index (κ3) is 16.0. The van der Waals surface area contributed by atoms with Crippen molar-refractivity contribution in [3.05, 3.63) is 127 Å². The molecule has 0 amide bonds. The fourth-order valence-corrected chi connectivity index (χ4v) is 8.00.